The second-order valence-electron chi connectivity index (χ2n) is 8.36. The van der Waals surface area contributed by atoms with Crippen LogP contribution in [-0.2, 0) is 14.8 Å². The molecule has 172 valence electrons. The molecule has 0 aromatic heterocycles. The second kappa shape index (κ2) is 9.58. The summed E-state index contributed by atoms with van der Waals surface area (Å²) in [6, 6.07) is 12.2. The third kappa shape index (κ3) is 4.80. The number of aryl methyl sites for hydroxylation is 1. The number of hydrogen-bond donors (Lipinski definition) is 3. The minimum absolute atomic E-state index is 0.139. The molecule has 2 atom stereocenters. The fraction of sp³-hybridized carbons (Fsp3) is 0.435. The van der Waals surface area contributed by atoms with E-state index in [1.54, 1.807) is 12.1 Å². The summed E-state index contributed by atoms with van der Waals surface area (Å²) in [7, 11) is -2.17. The van der Waals surface area contributed by atoms with Crippen LogP contribution >= 0.6 is 0 Å². The summed E-state index contributed by atoms with van der Waals surface area (Å²) in [5, 5.41) is 2.93. The van der Waals surface area contributed by atoms with Crippen molar-refractivity contribution in [2.45, 2.75) is 49.6 Å². The predicted octanol–water partition coefficient (Wildman–Crippen LogP) is 2.72. The number of benzene rings is 2. The monoisotopic (exact) mass is 458 g/mol. The first-order valence-electron chi connectivity index (χ1n) is 10.9. The maximum atomic E-state index is 13.3. The standard InChI is InChI=1S/C23H30N4O4S/c1-16-7-6-8-18(13-16)24-23(28)20-15-19(25-26-20)17-9-10-21(31-2)22(14-17)32(29,30)27-11-4-3-5-12-27/h6-10,13-14,19-20,25-26H,3-5,11-12,15H2,1-2H3,(H,24,28). The van der Waals surface area contributed by atoms with E-state index in [4.69, 9.17) is 4.74 Å². The van der Waals surface area contributed by atoms with Gasteiger partial charge in [-0.1, -0.05) is 24.6 Å². The van der Waals surface area contributed by atoms with E-state index in [1.165, 1.54) is 11.4 Å². The van der Waals surface area contributed by atoms with Gasteiger partial charge in [-0.2, -0.15) is 4.31 Å². The SMILES string of the molecule is COc1ccc(C2CC(C(=O)Nc3cccc(C)c3)NN2)cc1S(=O)(=O)N1CCCCC1. The van der Waals surface area contributed by atoms with Crippen LogP contribution in [0.3, 0.4) is 0 Å². The van der Waals surface area contributed by atoms with Crippen molar-refractivity contribution in [3.8, 4) is 5.75 Å². The van der Waals surface area contributed by atoms with Crippen molar-refractivity contribution in [3.63, 3.8) is 0 Å². The molecule has 8 nitrogen and oxygen atoms in total. The highest BCUT2D eigenvalue weighted by Crippen LogP contribution is 2.33. The van der Waals surface area contributed by atoms with Gasteiger partial charge in [0, 0.05) is 24.8 Å². The van der Waals surface area contributed by atoms with Crippen LogP contribution in [0.2, 0.25) is 0 Å². The van der Waals surface area contributed by atoms with Crippen LogP contribution in [0.5, 0.6) is 5.75 Å². The molecule has 32 heavy (non-hydrogen) atoms. The zero-order chi connectivity index (χ0) is 22.7. The van der Waals surface area contributed by atoms with E-state index in [2.05, 4.69) is 16.2 Å². The Morgan fingerprint density at radius 1 is 1.09 bits per heavy atom. The van der Waals surface area contributed by atoms with E-state index in [0.717, 1.165) is 36.1 Å². The van der Waals surface area contributed by atoms with Crippen LogP contribution in [0.25, 0.3) is 0 Å². The first-order chi connectivity index (χ1) is 15.4. The average molecular weight is 459 g/mol. The molecule has 0 radical (unpaired) electrons. The van der Waals surface area contributed by atoms with Gasteiger partial charge < -0.3 is 10.1 Å². The fourth-order valence-corrected chi connectivity index (χ4v) is 5.96. The molecule has 0 aliphatic carbocycles. The van der Waals surface area contributed by atoms with E-state index in [-0.39, 0.29) is 16.8 Å². The molecule has 2 aromatic rings. The number of carbonyl (C=O) groups excluding carboxylic acids is 1. The van der Waals surface area contributed by atoms with Crippen molar-refractivity contribution in [1.82, 2.24) is 15.2 Å². The molecule has 9 heteroatoms. The number of hydrazine groups is 1. The van der Waals surface area contributed by atoms with E-state index < -0.39 is 16.1 Å². The quantitative estimate of drug-likeness (QED) is 0.616. The summed E-state index contributed by atoms with van der Waals surface area (Å²) in [5.74, 6) is 0.194. The van der Waals surface area contributed by atoms with Crippen LogP contribution in [-0.4, -0.2) is 44.9 Å². The van der Waals surface area contributed by atoms with Gasteiger partial charge in [0.25, 0.3) is 0 Å². The summed E-state index contributed by atoms with van der Waals surface area (Å²) < 4.78 is 33.5. The van der Waals surface area contributed by atoms with Crippen LogP contribution < -0.4 is 20.9 Å². The molecule has 2 unspecified atom stereocenters. The zero-order valence-electron chi connectivity index (χ0n) is 18.4. The lowest BCUT2D eigenvalue weighted by atomic mass is 10.0. The number of ether oxygens (including phenoxy) is 1. The van der Waals surface area contributed by atoms with E-state index in [1.807, 2.05) is 37.3 Å². The van der Waals surface area contributed by atoms with E-state index in [0.29, 0.717) is 25.3 Å². The molecule has 0 saturated carbocycles. The molecule has 0 spiro atoms. The fourth-order valence-electron chi connectivity index (χ4n) is 4.25. The summed E-state index contributed by atoms with van der Waals surface area (Å²) in [6.45, 7) is 3.03. The smallest absolute Gasteiger partial charge is 0.246 e. The lowest BCUT2D eigenvalue weighted by Gasteiger charge is -2.27. The van der Waals surface area contributed by atoms with Crippen molar-refractivity contribution in [3.05, 3.63) is 53.6 Å². The Morgan fingerprint density at radius 2 is 1.88 bits per heavy atom. The number of amides is 1. The molecule has 2 heterocycles. The summed E-state index contributed by atoms with van der Waals surface area (Å²) in [4.78, 5) is 12.9. The molecular formula is C23H30N4O4S. The number of sulfonamides is 1. The Balaban J connectivity index is 1.50. The van der Waals surface area contributed by atoms with Gasteiger partial charge in [0.15, 0.2) is 0 Å². The molecule has 0 bridgehead atoms. The van der Waals surface area contributed by atoms with Crippen LogP contribution in [0.1, 0.15) is 42.9 Å². The van der Waals surface area contributed by atoms with Crippen LogP contribution in [0.4, 0.5) is 5.69 Å². The first-order valence-corrected chi connectivity index (χ1v) is 12.4. The molecule has 1 amide bonds. The highest BCUT2D eigenvalue weighted by Gasteiger charge is 2.33. The molecule has 2 aliphatic heterocycles. The molecule has 2 saturated heterocycles. The minimum Gasteiger partial charge on any atom is -0.495 e. The number of methoxy groups -OCH3 is 1. The van der Waals surface area contributed by atoms with E-state index in [9.17, 15) is 13.2 Å². The van der Waals surface area contributed by atoms with Gasteiger partial charge in [-0.25, -0.2) is 19.3 Å². The Kier molecular flexibility index (Phi) is 6.80. The van der Waals surface area contributed by atoms with Gasteiger partial charge in [0.1, 0.15) is 16.7 Å². The average Bonchev–Trinajstić information content (AvgIpc) is 3.30. The predicted molar refractivity (Wildman–Crippen MR) is 123 cm³/mol. The lowest BCUT2D eigenvalue weighted by molar-refractivity contribution is -0.117. The molecule has 4 rings (SSSR count). The van der Waals surface area contributed by atoms with Crippen LogP contribution in [0, 0.1) is 6.92 Å². The highest BCUT2D eigenvalue weighted by atomic mass is 32.2. The number of rotatable bonds is 6. The topological polar surface area (TPSA) is 99.8 Å². The maximum absolute atomic E-state index is 13.3. The normalized spacial score (nSPS) is 21.9. The van der Waals surface area contributed by atoms with Gasteiger partial charge in [-0.05, 0) is 61.6 Å². The van der Waals surface area contributed by atoms with Gasteiger partial charge in [0.05, 0.1) is 7.11 Å². The largest absolute Gasteiger partial charge is 0.495 e. The van der Waals surface area contributed by atoms with Gasteiger partial charge >= 0.3 is 0 Å². The Morgan fingerprint density at radius 3 is 2.59 bits per heavy atom. The summed E-state index contributed by atoms with van der Waals surface area (Å²) >= 11 is 0. The van der Waals surface area contributed by atoms with E-state index >= 15 is 0 Å². The zero-order valence-corrected chi connectivity index (χ0v) is 19.2. The summed E-state index contributed by atoms with van der Waals surface area (Å²) in [6.07, 6.45) is 3.28. The van der Waals surface area contributed by atoms with Crippen molar-refractivity contribution >= 4 is 21.6 Å². The maximum Gasteiger partial charge on any atom is 0.246 e. The summed E-state index contributed by atoms with van der Waals surface area (Å²) in [5.41, 5.74) is 8.78. The highest BCUT2D eigenvalue weighted by molar-refractivity contribution is 7.89. The lowest BCUT2D eigenvalue weighted by Crippen LogP contribution is -2.39. The first kappa shape index (κ1) is 22.7. The molecule has 3 N–H and O–H groups in total. The third-order valence-electron chi connectivity index (χ3n) is 6.03. The van der Waals surface area contributed by atoms with Gasteiger partial charge in [0.2, 0.25) is 15.9 Å². The van der Waals surface area contributed by atoms with Gasteiger partial charge in [-0.3, -0.25) is 4.79 Å². The number of piperidine rings is 1. The van der Waals surface area contributed by atoms with Crippen molar-refractivity contribution in [2.75, 3.05) is 25.5 Å². The number of carbonyl (C=O) groups is 1. The molecule has 2 aliphatic rings. The number of nitrogens with zero attached hydrogens (tertiary/aromatic N) is 1. The van der Waals surface area contributed by atoms with Gasteiger partial charge in [-0.15, -0.1) is 0 Å². The Hall–Kier alpha value is -2.46. The Bertz CT molecular complexity index is 1080. The molecule has 2 fully saturated rings. The number of hydrogen-bond acceptors (Lipinski definition) is 6. The second-order valence-corrected chi connectivity index (χ2v) is 10.3. The molecular weight excluding hydrogens is 428 g/mol. The van der Waals surface area contributed by atoms with Crippen molar-refractivity contribution in [2.24, 2.45) is 0 Å². The van der Waals surface area contributed by atoms with Crippen molar-refractivity contribution < 1.29 is 17.9 Å². The number of nitrogens with one attached hydrogen (secondary N) is 3. The third-order valence-corrected chi connectivity index (χ3v) is 7.95. The number of anilines is 1. The minimum atomic E-state index is -3.65. The van der Waals surface area contributed by atoms with Crippen molar-refractivity contribution in [1.29, 1.82) is 0 Å². The van der Waals surface area contributed by atoms with Crippen LogP contribution in [0.15, 0.2) is 47.4 Å². The Labute approximate surface area is 189 Å². The molecule has 2 aromatic carbocycles.